The highest BCUT2D eigenvalue weighted by Gasteiger charge is 2.33. The molecule has 1 saturated heterocycles. The number of benzene rings is 1. The number of thioether (sulfide) groups is 1. The highest BCUT2D eigenvalue weighted by Crippen LogP contribution is 2.48. The van der Waals surface area contributed by atoms with E-state index in [0.717, 1.165) is 56.9 Å². The zero-order valence-electron chi connectivity index (χ0n) is 17.8. The number of aromatic nitrogens is 1. The number of non-ortho nitro benzene ring substituents is 1. The van der Waals surface area contributed by atoms with Crippen molar-refractivity contribution < 1.29 is 9.76 Å². The van der Waals surface area contributed by atoms with Gasteiger partial charge in [-0.1, -0.05) is 11.6 Å². The van der Waals surface area contributed by atoms with Crippen LogP contribution in [0.15, 0.2) is 52.0 Å². The van der Waals surface area contributed by atoms with E-state index in [0.29, 0.717) is 6.61 Å². The second-order valence-corrected chi connectivity index (χ2v) is 9.98. The number of likely N-dealkylation sites (tertiary alicyclic amines) is 1. The molecule has 3 aromatic rings. The van der Waals surface area contributed by atoms with Gasteiger partial charge in [-0.05, 0) is 62.0 Å². The molecule has 0 radical (unpaired) electrons. The Morgan fingerprint density at radius 2 is 1.97 bits per heavy atom. The Labute approximate surface area is 194 Å². The summed E-state index contributed by atoms with van der Waals surface area (Å²) in [6, 6.07) is 10.8. The Morgan fingerprint density at radius 1 is 1.19 bits per heavy atom. The summed E-state index contributed by atoms with van der Waals surface area (Å²) in [5.74, 6) is 0. The molecule has 7 nitrogen and oxygen atoms in total. The molecule has 9 heteroatoms. The van der Waals surface area contributed by atoms with E-state index in [4.69, 9.17) is 4.84 Å². The lowest BCUT2D eigenvalue weighted by Crippen LogP contribution is -2.32. The van der Waals surface area contributed by atoms with Gasteiger partial charge in [0.25, 0.3) is 5.69 Å². The first-order chi connectivity index (χ1) is 15.7. The van der Waals surface area contributed by atoms with Crippen molar-refractivity contribution in [1.82, 2.24) is 9.47 Å². The molecule has 0 aliphatic carbocycles. The molecule has 1 fully saturated rings. The molecule has 0 N–H and O–H groups in total. The molecule has 2 aromatic heterocycles. The fourth-order valence-electron chi connectivity index (χ4n) is 4.38. The summed E-state index contributed by atoms with van der Waals surface area (Å²) < 4.78 is 3.30. The maximum Gasteiger partial charge on any atom is 0.269 e. The van der Waals surface area contributed by atoms with E-state index in [1.807, 2.05) is 24.4 Å². The van der Waals surface area contributed by atoms with Crippen LogP contribution in [0, 0.1) is 10.1 Å². The van der Waals surface area contributed by atoms with E-state index in [1.165, 1.54) is 19.3 Å². The average Bonchev–Trinajstić information content (AvgIpc) is 3.50. The highest BCUT2D eigenvalue weighted by molar-refractivity contribution is 8.00. The first kappa shape index (κ1) is 21.2. The Bertz CT molecular complexity index is 1160. The number of thiophene rings is 1. The van der Waals surface area contributed by atoms with Gasteiger partial charge < -0.3 is 9.40 Å². The topological polar surface area (TPSA) is 72.9 Å². The molecular weight excluding hydrogens is 444 g/mol. The van der Waals surface area contributed by atoms with Crippen LogP contribution < -0.4 is 0 Å². The van der Waals surface area contributed by atoms with E-state index in [9.17, 15) is 10.1 Å². The third-order valence-corrected chi connectivity index (χ3v) is 8.26. The molecule has 0 spiro atoms. The molecule has 0 unspecified atom stereocenters. The van der Waals surface area contributed by atoms with Crippen molar-refractivity contribution in [2.45, 2.75) is 23.5 Å². The summed E-state index contributed by atoms with van der Waals surface area (Å²) in [6.45, 7) is 3.77. The second-order valence-electron chi connectivity index (χ2n) is 7.89. The van der Waals surface area contributed by atoms with Crippen LogP contribution in [0.4, 0.5) is 5.69 Å². The number of fused-ring (bicyclic) bond motifs is 3. The zero-order valence-corrected chi connectivity index (χ0v) is 19.5. The van der Waals surface area contributed by atoms with Gasteiger partial charge in [0.1, 0.15) is 12.3 Å². The van der Waals surface area contributed by atoms with Crippen molar-refractivity contribution in [3.05, 3.63) is 63.3 Å². The molecule has 166 valence electrons. The van der Waals surface area contributed by atoms with Crippen LogP contribution in [0.2, 0.25) is 0 Å². The lowest BCUT2D eigenvalue weighted by molar-refractivity contribution is -0.384. The maximum atomic E-state index is 11.1. The fraction of sp³-hybridized carbons (Fsp3) is 0.348. The number of nitrogens with zero attached hydrogens (tertiary/aromatic N) is 4. The second kappa shape index (κ2) is 9.09. The van der Waals surface area contributed by atoms with Crippen molar-refractivity contribution in [2.75, 3.05) is 32.5 Å². The van der Waals surface area contributed by atoms with Gasteiger partial charge >= 0.3 is 0 Å². The van der Waals surface area contributed by atoms with E-state index >= 15 is 0 Å². The monoisotopic (exact) mass is 468 g/mol. The molecule has 0 bridgehead atoms. The Morgan fingerprint density at radius 3 is 2.69 bits per heavy atom. The predicted octanol–water partition coefficient (Wildman–Crippen LogP) is 5.40. The van der Waals surface area contributed by atoms with Crippen LogP contribution in [-0.4, -0.2) is 52.6 Å². The number of hydrogen-bond acceptors (Lipinski definition) is 7. The summed E-state index contributed by atoms with van der Waals surface area (Å²) in [5, 5.41) is 15.6. The number of piperidine rings is 1. The van der Waals surface area contributed by atoms with E-state index in [2.05, 4.69) is 26.9 Å². The first-order valence-electron chi connectivity index (χ1n) is 10.7. The van der Waals surface area contributed by atoms with Gasteiger partial charge in [-0.3, -0.25) is 15.0 Å². The van der Waals surface area contributed by atoms with E-state index in [-0.39, 0.29) is 10.6 Å². The molecular formula is C23H24N4O3S2. The smallest absolute Gasteiger partial charge is 0.269 e. The first-order valence-corrected chi connectivity index (χ1v) is 12.8. The zero-order chi connectivity index (χ0) is 22.1. The molecule has 0 atom stereocenters. The quantitative estimate of drug-likeness (QED) is 0.157. The minimum Gasteiger partial charge on any atom is -0.394 e. The minimum atomic E-state index is -0.368. The van der Waals surface area contributed by atoms with Gasteiger partial charge in [-0.25, -0.2) is 0 Å². The third kappa shape index (κ3) is 3.85. The Hall–Kier alpha value is -2.62. The summed E-state index contributed by atoms with van der Waals surface area (Å²) >= 11 is 3.38. The van der Waals surface area contributed by atoms with Crippen LogP contribution in [0.3, 0.4) is 0 Å². The van der Waals surface area contributed by atoms with Gasteiger partial charge in [-0.15, -0.1) is 23.1 Å². The van der Waals surface area contributed by atoms with Crippen LogP contribution >= 0.6 is 23.1 Å². The summed E-state index contributed by atoms with van der Waals surface area (Å²) in [4.78, 5) is 20.0. The minimum absolute atomic E-state index is 0.0948. The van der Waals surface area contributed by atoms with Gasteiger partial charge in [0, 0.05) is 30.4 Å². The predicted molar refractivity (Wildman–Crippen MR) is 129 cm³/mol. The molecule has 1 aromatic carbocycles. The molecule has 32 heavy (non-hydrogen) atoms. The number of hydrogen-bond donors (Lipinski definition) is 0. The van der Waals surface area contributed by atoms with Crippen LogP contribution in [0.1, 0.15) is 29.8 Å². The number of rotatable bonds is 7. The molecule has 5 rings (SSSR count). The lowest BCUT2D eigenvalue weighted by atomic mass is 10.1. The molecule has 2 aliphatic heterocycles. The lowest BCUT2D eigenvalue weighted by Gasteiger charge is -2.25. The van der Waals surface area contributed by atoms with Crippen LogP contribution in [0.25, 0.3) is 16.8 Å². The highest BCUT2D eigenvalue weighted by atomic mass is 32.2. The number of oxime groups is 1. The molecule has 0 saturated carbocycles. The third-order valence-electron chi connectivity index (χ3n) is 5.95. The normalized spacial score (nSPS) is 16.8. The van der Waals surface area contributed by atoms with E-state index in [1.54, 1.807) is 35.2 Å². The Balaban J connectivity index is 1.46. The van der Waals surface area contributed by atoms with Crippen LogP contribution in [0.5, 0.6) is 0 Å². The summed E-state index contributed by atoms with van der Waals surface area (Å²) in [7, 11) is 0. The summed E-state index contributed by atoms with van der Waals surface area (Å²) in [6.07, 6.45) is 7.95. The number of nitro benzene ring substituents is 1. The van der Waals surface area contributed by atoms with Gasteiger partial charge in [0.2, 0.25) is 0 Å². The van der Waals surface area contributed by atoms with Crippen molar-refractivity contribution in [3.63, 3.8) is 0 Å². The summed E-state index contributed by atoms with van der Waals surface area (Å²) in [5.41, 5.74) is 5.09. The van der Waals surface area contributed by atoms with Crippen molar-refractivity contribution in [3.8, 4) is 16.8 Å². The van der Waals surface area contributed by atoms with Crippen molar-refractivity contribution >= 4 is 34.5 Å². The SMILES string of the molecule is CSc1sc2c(c1-c1ccc([N+](=O)[O-])cc1)-n1cccc1/C2=N/OCCN1CCCCC1. The molecule has 2 aliphatic rings. The average molecular weight is 469 g/mol. The maximum absolute atomic E-state index is 11.1. The Kier molecular flexibility index (Phi) is 6.03. The van der Waals surface area contributed by atoms with Crippen LogP contribution in [-0.2, 0) is 4.84 Å². The fourth-order valence-corrected chi connectivity index (χ4v) is 6.42. The van der Waals surface area contributed by atoms with Crippen molar-refractivity contribution in [1.29, 1.82) is 0 Å². The molecule has 4 heterocycles. The van der Waals surface area contributed by atoms with Gasteiger partial charge in [0.05, 0.1) is 25.4 Å². The standard InChI is InChI=1S/C23H24N4O3S2/c1-31-23-19(16-7-9-17(10-8-16)27(28)29)21-22(32-23)20(18-6-5-13-26(18)21)24-30-15-14-25-11-3-2-4-12-25/h5-10,13H,2-4,11-12,14-15H2,1H3/b24-20-. The van der Waals surface area contributed by atoms with E-state index < -0.39 is 0 Å². The van der Waals surface area contributed by atoms with Gasteiger partial charge in [0.15, 0.2) is 0 Å². The number of nitro groups is 1. The van der Waals surface area contributed by atoms with Gasteiger partial charge in [-0.2, -0.15) is 0 Å². The van der Waals surface area contributed by atoms with Crippen molar-refractivity contribution in [2.24, 2.45) is 5.16 Å². The molecule has 0 amide bonds. The largest absolute Gasteiger partial charge is 0.394 e.